The summed E-state index contributed by atoms with van der Waals surface area (Å²) < 4.78 is 0. The van der Waals surface area contributed by atoms with Crippen LogP contribution in [-0.2, 0) is 16.0 Å². The first-order valence-electron chi connectivity index (χ1n) is 8.26. The van der Waals surface area contributed by atoms with Crippen molar-refractivity contribution in [3.63, 3.8) is 0 Å². The van der Waals surface area contributed by atoms with Crippen LogP contribution in [0, 0.1) is 0 Å². The summed E-state index contributed by atoms with van der Waals surface area (Å²) in [6, 6.07) is 17.4. The first-order chi connectivity index (χ1) is 11.6. The molecule has 3 rings (SSSR count). The average molecular weight is 322 g/mol. The third-order valence-electron chi connectivity index (χ3n) is 4.61. The molecular weight excluding hydrogens is 300 g/mol. The summed E-state index contributed by atoms with van der Waals surface area (Å²) in [6.45, 7) is 3.41. The Hall–Kier alpha value is -2.62. The smallest absolute Gasteiger partial charge is 0.227 e. The Morgan fingerprint density at radius 1 is 1.00 bits per heavy atom. The van der Waals surface area contributed by atoms with Crippen molar-refractivity contribution in [3.8, 4) is 0 Å². The molecule has 2 aromatic carbocycles. The molecule has 124 valence electrons. The van der Waals surface area contributed by atoms with Crippen LogP contribution in [0.5, 0.6) is 0 Å². The second-order valence-electron chi connectivity index (χ2n) is 6.33. The van der Waals surface area contributed by atoms with Gasteiger partial charge >= 0.3 is 0 Å². The predicted molar refractivity (Wildman–Crippen MR) is 93.5 cm³/mol. The summed E-state index contributed by atoms with van der Waals surface area (Å²) in [5.41, 5.74) is 3.25. The summed E-state index contributed by atoms with van der Waals surface area (Å²) in [5.74, 6) is -0.339. The first kappa shape index (κ1) is 16.2. The molecular formula is C20H22N2O2. The minimum atomic E-state index is -0.229. The van der Waals surface area contributed by atoms with E-state index in [1.54, 1.807) is 0 Å². The fourth-order valence-corrected chi connectivity index (χ4v) is 3.33. The van der Waals surface area contributed by atoms with Crippen LogP contribution in [0.4, 0.5) is 0 Å². The van der Waals surface area contributed by atoms with Gasteiger partial charge in [-0.2, -0.15) is 0 Å². The zero-order valence-electron chi connectivity index (χ0n) is 14.0. The van der Waals surface area contributed by atoms with Crippen molar-refractivity contribution in [2.75, 3.05) is 0 Å². The summed E-state index contributed by atoms with van der Waals surface area (Å²) >= 11 is 0. The second-order valence-corrected chi connectivity index (χ2v) is 6.33. The van der Waals surface area contributed by atoms with Gasteiger partial charge in [0, 0.05) is 6.92 Å². The molecule has 0 heterocycles. The van der Waals surface area contributed by atoms with Crippen molar-refractivity contribution in [1.29, 1.82) is 0 Å². The molecule has 4 heteroatoms. The molecule has 0 saturated carbocycles. The van der Waals surface area contributed by atoms with Gasteiger partial charge in [0.25, 0.3) is 0 Å². The number of hydrogen-bond donors (Lipinski definition) is 2. The van der Waals surface area contributed by atoms with E-state index in [1.807, 2.05) is 55.5 Å². The highest BCUT2D eigenvalue weighted by Crippen LogP contribution is 2.31. The standard InChI is InChI=1S/C20H22N2O2/c1-13(15-8-4-3-5-9-15)20(24)22-18-12-16-10-6-7-11-17(16)19(18)21-14(2)23/h3-11,13,18-19H,12H2,1-2H3,(H,21,23)(H,22,24)/t13-,18-,19-/m0/s1. The zero-order valence-corrected chi connectivity index (χ0v) is 14.0. The summed E-state index contributed by atoms with van der Waals surface area (Å²) in [7, 11) is 0. The molecule has 0 aliphatic heterocycles. The number of hydrogen-bond acceptors (Lipinski definition) is 2. The normalized spacial score (nSPS) is 20.1. The molecule has 0 radical (unpaired) electrons. The maximum absolute atomic E-state index is 12.7. The Morgan fingerprint density at radius 3 is 2.38 bits per heavy atom. The quantitative estimate of drug-likeness (QED) is 0.909. The third kappa shape index (κ3) is 3.32. The lowest BCUT2D eigenvalue weighted by Gasteiger charge is -2.24. The van der Waals surface area contributed by atoms with E-state index in [-0.39, 0.29) is 29.8 Å². The lowest BCUT2D eigenvalue weighted by molar-refractivity contribution is -0.124. The molecule has 0 saturated heterocycles. The molecule has 0 spiro atoms. The number of benzene rings is 2. The van der Waals surface area contributed by atoms with Gasteiger partial charge in [0.2, 0.25) is 11.8 Å². The van der Waals surface area contributed by atoms with Crippen LogP contribution >= 0.6 is 0 Å². The van der Waals surface area contributed by atoms with E-state index < -0.39 is 0 Å². The number of fused-ring (bicyclic) bond motifs is 1. The van der Waals surface area contributed by atoms with E-state index in [2.05, 4.69) is 16.7 Å². The molecule has 2 amide bonds. The van der Waals surface area contributed by atoms with Crippen molar-refractivity contribution >= 4 is 11.8 Å². The molecule has 0 aromatic heterocycles. The van der Waals surface area contributed by atoms with Gasteiger partial charge in [-0.1, -0.05) is 54.6 Å². The number of amides is 2. The van der Waals surface area contributed by atoms with Gasteiger partial charge in [-0.3, -0.25) is 9.59 Å². The van der Waals surface area contributed by atoms with Gasteiger partial charge in [0.1, 0.15) is 0 Å². The molecule has 1 aliphatic carbocycles. The average Bonchev–Trinajstić information content (AvgIpc) is 2.92. The topological polar surface area (TPSA) is 58.2 Å². The van der Waals surface area contributed by atoms with Gasteiger partial charge in [0.15, 0.2) is 0 Å². The van der Waals surface area contributed by atoms with Crippen molar-refractivity contribution in [3.05, 3.63) is 71.3 Å². The third-order valence-corrected chi connectivity index (χ3v) is 4.61. The van der Waals surface area contributed by atoms with E-state index in [4.69, 9.17) is 0 Å². The minimum absolute atomic E-state index is 0.0191. The van der Waals surface area contributed by atoms with Crippen LogP contribution in [0.1, 0.15) is 42.5 Å². The van der Waals surface area contributed by atoms with Gasteiger partial charge in [0.05, 0.1) is 18.0 Å². The molecule has 0 unspecified atom stereocenters. The van der Waals surface area contributed by atoms with Crippen molar-refractivity contribution < 1.29 is 9.59 Å². The fraction of sp³-hybridized carbons (Fsp3) is 0.300. The molecule has 4 nitrogen and oxygen atoms in total. The summed E-state index contributed by atoms with van der Waals surface area (Å²) in [6.07, 6.45) is 0.731. The Morgan fingerprint density at radius 2 is 1.67 bits per heavy atom. The lowest BCUT2D eigenvalue weighted by atomic mass is 9.99. The van der Waals surface area contributed by atoms with E-state index in [0.717, 1.165) is 17.5 Å². The molecule has 0 fully saturated rings. The highest BCUT2D eigenvalue weighted by Gasteiger charge is 2.34. The van der Waals surface area contributed by atoms with E-state index >= 15 is 0 Å². The number of carbonyl (C=O) groups excluding carboxylic acids is 2. The second kappa shape index (κ2) is 6.87. The van der Waals surface area contributed by atoms with Crippen LogP contribution in [0.2, 0.25) is 0 Å². The Bertz CT molecular complexity index is 742. The molecule has 2 N–H and O–H groups in total. The molecule has 0 bridgehead atoms. The SMILES string of the molecule is CC(=O)N[C@H]1c2ccccc2C[C@@H]1NC(=O)[C@@H](C)c1ccccc1. The van der Waals surface area contributed by atoms with E-state index in [1.165, 1.54) is 12.5 Å². The number of rotatable bonds is 4. The van der Waals surface area contributed by atoms with E-state index in [9.17, 15) is 9.59 Å². The summed E-state index contributed by atoms with van der Waals surface area (Å²) in [4.78, 5) is 24.2. The maximum atomic E-state index is 12.7. The molecule has 3 atom stereocenters. The maximum Gasteiger partial charge on any atom is 0.227 e. The Labute approximate surface area is 142 Å². The van der Waals surface area contributed by atoms with Crippen molar-refractivity contribution in [2.24, 2.45) is 0 Å². The van der Waals surface area contributed by atoms with Crippen molar-refractivity contribution in [1.82, 2.24) is 10.6 Å². The molecule has 2 aromatic rings. The molecule has 24 heavy (non-hydrogen) atoms. The highest BCUT2D eigenvalue weighted by molar-refractivity contribution is 5.84. The monoisotopic (exact) mass is 322 g/mol. The van der Waals surface area contributed by atoms with Gasteiger partial charge in [-0.05, 0) is 30.0 Å². The van der Waals surface area contributed by atoms with Crippen LogP contribution in [0.3, 0.4) is 0 Å². The fourth-order valence-electron chi connectivity index (χ4n) is 3.33. The number of carbonyl (C=O) groups is 2. The lowest BCUT2D eigenvalue weighted by Crippen LogP contribution is -2.45. The Balaban J connectivity index is 1.76. The predicted octanol–water partition coefficient (Wildman–Crippen LogP) is 2.71. The van der Waals surface area contributed by atoms with Gasteiger partial charge in [-0.15, -0.1) is 0 Å². The number of nitrogens with one attached hydrogen (secondary N) is 2. The van der Waals surface area contributed by atoms with Gasteiger partial charge < -0.3 is 10.6 Å². The van der Waals surface area contributed by atoms with Crippen molar-refractivity contribution in [2.45, 2.75) is 38.3 Å². The highest BCUT2D eigenvalue weighted by atomic mass is 16.2. The van der Waals surface area contributed by atoms with Crippen LogP contribution in [-0.4, -0.2) is 17.9 Å². The van der Waals surface area contributed by atoms with Gasteiger partial charge in [-0.25, -0.2) is 0 Å². The van der Waals surface area contributed by atoms with Crippen LogP contribution in [0.15, 0.2) is 54.6 Å². The van der Waals surface area contributed by atoms with E-state index in [0.29, 0.717) is 0 Å². The molecule has 1 aliphatic rings. The van der Waals surface area contributed by atoms with Crippen LogP contribution < -0.4 is 10.6 Å². The minimum Gasteiger partial charge on any atom is -0.350 e. The zero-order chi connectivity index (χ0) is 17.1. The summed E-state index contributed by atoms with van der Waals surface area (Å²) in [5, 5.41) is 6.10. The Kier molecular flexibility index (Phi) is 4.65. The van der Waals surface area contributed by atoms with Crippen LogP contribution in [0.25, 0.3) is 0 Å². The largest absolute Gasteiger partial charge is 0.350 e. The first-order valence-corrected chi connectivity index (χ1v) is 8.26.